The monoisotopic (exact) mass is 449 g/mol. The van der Waals surface area contributed by atoms with Crippen molar-refractivity contribution < 1.29 is 4.74 Å². The second kappa shape index (κ2) is 10.1. The summed E-state index contributed by atoms with van der Waals surface area (Å²) in [6.45, 7) is 8.36. The first kappa shape index (κ1) is 22.9. The molecule has 1 aromatic carbocycles. The zero-order valence-electron chi connectivity index (χ0n) is 19.4. The minimum absolute atomic E-state index is 0.00691. The van der Waals surface area contributed by atoms with Gasteiger partial charge in [0.15, 0.2) is 0 Å². The molecular formula is C25H31N5O3. The maximum Gasteiger partial charge on any atom is 0.272 e. The molecule has 33 heavy (non-hydrogen) atoms. The number of aromatic amines is 2. The standard InChI is InChI=1S/C25H31N5O3/c1-4-8-21-27-18(23(16(2)3)30(21)22-15-33-12-11-26-22)14-20-25(32)28-19(24(31)29-20)13-17-9-6-5-7-10-17/h5-7,9-10,13-14,16,22,26H,4,8,11-12,15H2,1-3H3,(H,28,32)(H,29,31)/b19-13-,20-14-. The van der Waals surface area contributed by atoms with E-state index in [-0.39, 0.29) is 33.9 Å². The first-order chi connectivity index (χ1) is 16.0. The lowest BCUT2D eigenvalue weighted by molar-refractivity contribution is 0.0508. The minimum Gasteiger partial charge on any atom is -0.377 e. The van der Waals surface area contributed by atoms with Gasteiger partial charge in [-0.3, -0.25) is 14.9 Å². The lowest BCUT2D eigenvalue weighted by atomic mass is 10.1. The number of nitrogens with one attached hydrogen (secondary N) is 3. The van der Waals surface area contributed by atoms with Crippen molar-refractivity contribution in [2.24, 2.45) is 0 Å². The Balaban J connectivity index is 1.85. The summed E-state index contributed by atoms with van der Waals surface area (Å²) in [5.41, 5.74) is 1.83. The number of H-pyrrole nitrogens is 2. The van der Waals surface area contributed by atoms with Gasteiger partial charge in [0.05, 0.1) is 18.9 Å². The number of ether oxygens (including phenoxy) is 1. The Morgan fingerprint density at radius 1 is 1.12 bits per heavy atom. The summed E-state index contributed by atoms with van der Waals surface area (Å²) in [6.07, 6.45) is 5.09. The molecule has 8 heteroatoms. The molecule has 0 bridgehead atoms. The van der Waals surface area contributed by atoms with E-state index in [1.165, 1.54) is 0 Å². The Labute approximate surface area is 192 Å². The van der Waals surface area contributed by atoms with E-state index in [0.29, 0.717) is 18.9 Å². The van der Waals surface area contributed by atoms with E-state index >= 15 is 0 Å². The van der Waals surface area contributed by atoms with E-state index in [1.807, 2.05) is 30.3 Å². The Morgan fingerprint density at radius 2 is 1.82 bits per heavy atom. The molecule has 3 aromatic rings. The fourth-order valence-corrected chi connectivity index (χ4v) is 4.21. The minimum atomic E-state index is -0.364. The van der Waals surface area contributed by atoms with E-state index in [9.17, 15) is 9.59 Å². The van der Waals surface area contributed by atoms with Crippen molar-refractivity contribution in [3.8, 4) is 0 Å². The number of aryl methyl sites for hydroxylation is 1. The molecule has 3 heterocycles. The molecule has 1 saturated heterocycles. The summed E-state index contributed by atoms with van der Waals surface area (Å²) in [5.74, 6) is 1.11. The number of imidazole rings is 1. The molecule has 4 rings (SSSR count). The number of benzene rings is 1. The van der Waals surface area contributed by atoms with Gasteiger partial charge in [0.1, 0.15) is 22.7 Å². The summed E-state index contributed by atoms with van der Waals surface area (Å²) < 4.78 is 7.91. The van der Waals surface area contributed by atoms with Gasteiger partial charge in [0, 0.05) is 18.7 Å². The third-order valence-electron chi connectivity index (χ3n) is 5.66. The number of hydrogen-bond donors (Lipinski definition) is 3. The topological polar surface area (TPSA) is 105 Å². The van der Waals surface area contributed by atoms with Crippen LogP contribution in [-0.4, -0.2) is 39.3 Å². The molecule has 174 valence electrons. The highest BCUT2D eigenvalue weighted by Crippen LogP contribution is 2.26. The molecule has 3 N–H and O–H groups in total. The Kier molecular flexibility index (Phi) is 7.05. The lowest BCUT2D eigenvalue weighted by Gasteiger charge is -2.29. The zero-order valence-corrected chi connectivity index (χ0v) is 19.4. The number of aromatic nitrogens is 4. The highest BCUT2D eigenvalue weighted by molar-refractivity contribution is 5.50. The molecule has 1 aliphatic heterocycles. The van der Waals surface area contributed by atoms with E-state index in [1.54, 1.807) is 12.2 Å². The van der Waals surface area contributed by atoms with Gasteiger partial charge in [-0.1, -0.05) is 51.1 Å². The van der Waals surface area contributed by atoms with Crippen LogP contribution in [0, 0.1) is 0 Å². The largest absolute Gasteiger partial charge is 0.377 e. The van der Waals surface area contributed by atoms with E-state index in [0.717, 1.165) is 36.5 Å². The lowest BCUT2D eigenvalue weighted by Crippen LogP contribution is -2.46. The van der Waals surface area contributed by atoms with Crippen LogP contribution >= 0.6 is 0 Å². The summed E-state index contributed by atoms with van der Waals surface area (Å²) in [4.78, 5) is 35.9. The molecule has 2 aromatic heterocycles. The normalized spacial score (nSPS) is 17.8. The third kappa shape index (κ3) is 5.07. The smallest absolute Gasteiger partial charge is 0.272 e. The first-order valence-corrected chi connectivity index (χ1v) is 11.5. The second-order valence-electron chi connectivity index (χ2n) is 8.55. The van der Waals surface area contributed by atoms with Crippen molar-refractivity contribution in [2.75, 3.05) is 19.8 Å². The first-order valence-electron chi connectivity index (χ1n) is 11.5. The maximum atomic E-state index is 12.8. The van der Waals surface area contributed by atoms with Gasteiger partial charge in [-0.2, -0.15) is 0 Å². The fourth-order valence-electron chi connectivity index (χ4n) is 4.21. The van der Waals surface area contributed by atoms with Crippen LogP contribution < -0.4 is 27.1 Å². The van der Waals surface area contributed by atoms with Crippen molar-refractivity contribution in [1.82, 2.24) is 24.8 Å². The van der Waals surface area contributed by atoms with Crippen LogP contribution in [0.2, 0.25) is 0 Å². The predicted molar refractivity (Wildman–Crippen MR) is 129 cm³/mol. The Bertz CT molecular complexity index is 1330. The molecule has 8 nitrogen and oxygen atoms in total. The zero-order chi connectivity index (χ0) is 23.4. The van der Waals surface area contributed by atoms with E-state index in [2.05, 4.69) is 40.6 Å². The van der Waals surface area contributed by atoms with Gasteiger partial charge in [0.25, 0.3) is 11.1 Å². The van der Waals surface area contributed by atoms with Crippen LogP contribution in [-0.2, 0) is 11.2 Å². The van der Waals surface area contributed by atoms with Gasteiger partial charge >= 0.3 is 0 Å². The van der Waals surface area contributed by atoms with Crippen molar-refractivity contribution in [3.05, 3.63) is 84.5 Å². The average Bonchev–Trinajstić information content (AvgIpc) is 3.16. The highest BCUT2D eigenvalue weighted by atomic mass is 16.5. The Morgan fingerprint density at radius 3 is 2.42 bits per heavy atom. The number of nitrogens with zero attached hydrogens (tertiary/aromatic N) is 2. The van der Waals surface area contributed by atoms with Crippen molar-refractivity contribution >= 4 is 12.2 Å². The molecule has 0 aliphatic carbocycles. The van der Waals surface area contributed by atoms with Crippen LogP contribution in [0.25, 0.3) is 12.2 Å². The number of hydrogen-bond acceptors (Lipinski definition) is 5. The Hall–Kier alpha value is -3.23. The summed E-state index contributed by atoms with van der Waals surface area (Å²) >= 11 is 0. The van der Waals surface area contributed by atoms with Crippen molar-refractivity contribution in [3.63, 3.8) is 0 Å². The second-order valence-corrected chi connectivity index (χ2v) is 8.55. The highest BCUT2D eigenvalue weighted by Gasteiger charge is 2.25. The van der Waals surface area contributed by atoms with Gasteiger partial charge in [0.2, 0.25) is 0 Å². The van der Waals surface area contributed by atoms with Crippen LogP contribution in [0.15, 0.2) is 39.9 Å². The molecule has 0 radical (unpaired) electrons. The SMILES string of the molecule is CCCc1nc(/C=c2\[nH]c(=O)/c(=C/c3ccccc3)[nH]c2=O)c(C(C)C)n1C1COCCN1. The third-order valence-corrected chi connectivity index (χ3v) is 5.66. The van der Waals surface area contributed by atoms with Crippen LogP contribution in [0.3, 0.4) is 0 Å². The fraction of sp³-hybridized carbons (Fsp3) is 0.400. The number of morpholine rings is 1. The van der Waals surface area contributed by atoms with Crippen molar-refractivity contribution in [2.45, 2.75) is 45.7 Å². The molecular weight excluding hydrogens is 418 g/mol. The molecule has 1 fully saturated rings. The molecule has 1 aliphatic rings. The van der Waals surface area contributed by atoms with Crippen LogP contribution in [0.4, 0.5) is 0 Å². The van der Waals surface area contributed by atoms with Gasteiger partial charge in [-0.15, -0.1) is 0 Å². The molecule has 0 amide bonds. The van der Waals surface area contributed by atoms with Crippen LogP contribution in [0.1, 0.15) is 62.1 Å². The van der Waals surface area contributed by atoms with Gasteiger partial charge in [-0.05, 0) is 30.1 Å². The maximum absolute atomic E-state index is 12.8. The average molecular weight is 450 g/mol. The summed E-state index contributed by atoms with van der Waals surface area (Å²) in [5, 5.41) is 3.92. The quantitative estimate of drug-likeness (QED) is 0.523. The van der Waals surface area contributed by atoms with Gasteiger partial charge in [-0.25, -0.2) is 4.98 Å². The van der Waals surface area contributed by atoms with E-state index < -0.39 is 0 Å². The predicted octanol–water partition coefficient (Wildman–Crippen LogP) is 1.11. The summed E-state index contributed by atoms with van der Waals surface area (Å²) in [6, 6.07) is 9.40. The molecule has 0 saturated carbocycles. The molecule has 1 unspecified atom stereocenters. The van der Waals surface area contributed by atoms with Crippen molar-refractivity contribution in [1.29, 1.82) is 0 Å². The molecule has 1 atom stereocenters. The van der Waals surface area contributed by atoms with Gasteiger partial charge < -0.3 is 19.3 Å². The summed E-state index contributed by atoms with van der Waals surface area (Å²) in [7, 11) is 0. The van der Waals surface area contributed by atoms with Crippen LogP contribution in [0.5, 0.6) is 0 Å². The number of rotatable bonds is 6. The molecule has 0 spiro atoms. The van der Waals surface area contributed by atoms with E-state index in [4.69, 9.17) is 9.72 Å².